The molecule has 9 rings (SSSR count). The van der Waals surface area contributed by atoms with Crippen molar-refractivity contribution in [3.05, 3.63) is 230 Å². The first-order valence-electron chi connectivity index (χ1n) is 23.2. The molecule has 0 N–H and O–H groups in total. The third-order valence-corrected chi connectivity index (χ3v) is 16.5. The van der Waals surface area contributed by atoms with Gasteiger partial charge in [-0.25, -0.2) is 42.8 Å². The molecule has 3 aromatic heterocycles. The Morgan fingerprint density at radius 2 is 0.631 bits per heavy atom. The maximum absolute atomic E-state index is 11.4. The fourth-order valence-corrected chi connectivity index (χ4v) is 10.6. The first kappa shape index (κ1) is 63.0. The molecule has 0 aliphatic carbocycles. The van der Waals surface area contributed by atoms with Gasteiger partial charge in [-0.05, 0) is 83.9 Å². The summed E-state index contributed by atoms with van der Waals surface area (Å²) in [7, 11) is -26.9. The highest BCUT2D eigenvalue weighted by Gasteiger charge is 2.48. The highest BCUT2D eigenvalue weighted by atomic mass is 32.3. The van der Waals surface area contributed by atoms with Gasteiger partial charge in [0.15, 0.2) is 62.2 Å². The average molecular weight is 1250 g/mol. The molecule has 6 aromatic carbocycles. The van der Waals surface area contributed by atoms with Crippen molar-refractivity contribution in [2.45, 2.75) is 35.1 Å². The molecule has 31 heteroatoms. The third kappa shape index (κ3) is 15.5. The van der Waals surface area contributed by atoms with Crippen molar-refractivity contribution >= 4 is 62.2 Å². The van der Waals surface area contributed by atoms with Gasteiger partial charge in [0, 0.05) is 34.4 Å². The smallest absolute Gasteiger partial charge is 0.421 e. The molecule has 0 atom stereocenters. The van der Waals surface area contributed by atoms with Crippen LogP contribution in [0.4, 0.5) is 52.7 Å². The molecule has 3 heterocycles. The number of benzene rings is 6. The van der Waals surface area contributed by atoms with Gasteiger partial charge in [-0.15, -0.1) is 0 Å². The summed E-state index contributed by atoms with van der Waals surface area (Å²) in [5, 5.41) is 0. The van der Waals surface area contributed by atoms with E-state index in [1.54, 1.807) is 0 Å². The number of rotatable bonds is 10. The number of para-hydroxylation sites is 4. The first-order chi connectivity index (χ1) is 39.1. The number of alkyl halides is 12. The number of hydrogen-bond donors (Lipinski definition) is 0. The van der Waals surface area contributed by atoms with Gasteiger partial charge in [-0.2, -0.15) is 66.8 Å². The van der Waals surface area contributed by atoms with Crippen LogP contribution in [-0.2, 0) is 53.2 Å². The largest absolute Gasteiger partial charge is 0.480 e. The Hall–Kier alpha value is -8.59. The second-order valence-electron chi connectivity index (χ2n) is 17.0. The number of sulfonamides is 4. The predicted octanol–water partition coefficient (Wildman–Crippen LogP) is 10.6. The van der Waals surface area contributed by atoms with E-state index < -0.39 is 62.1 Å². The fourth-order valence-electron chi connectivity index (χ4n) is 7.19. The zero-order valence-electron chi connectivity index (χ0n) is 41.9. The zero-order chi connectivity index (χ0) is 61.5. The summed E-state index contributed by atoms with van der Waals surface area (Å²) in [6, 6.07) is 60.4. The number of nitrogens with zero attached hydrogens (tertiary/aromatic N) is 7. The Morgan fingerprint density at radius 1 is 0.357 bits per heavy atom. The summed E-state index contributed by atoms with van der Waals surface area (Å²) in [5.41, 5.74) is -13.9. The predicted molar refractivity (Wildman–Crippen MR) is 281 cm³/mol. The van der Waals surface area contributed by atoms with Gasteiger partial charge in [-0.3, -0.25) is 0 Å². The van der Waals surface area contributed by atoms with Crippen molar-refractivity contribution in [1.29, 1.82) is 0 Å². The van der Waals surface area contributed by atoms with Crippen molar-refractivity contribution in [2.75, 3.05) is 0 Å². The highest BCUT2D eigenvalue weighted by Crippen LogP contribution is 2.37. The van der Waals surface area contributed by atoms with Crippen molar-refractivity contribution < 1.29 is 95.5 Å². The van der Waals surface area contributed by atoms with Crippen LogP contribution in [0, 0.1) is 23.7 Å². The first-order valence-corrected chi connectivity index (χ1v) is 28.9. The maximum atomic E-state index is 11.4. The Kier molecular flexibility index (Phi) is 18.5. The van der Waals surface area contributed by atoms with Gasteiger partial charge in [-0.1, -0.05) is 115 Å². The van der Waals surface area contributed by atoms with Crippen molar-refractivity contribution in [2.24, 2.45) is 0 Å². The molecule has 0 radical (unpaired) electrons. The highest BCUT2D eigenvalue weighted by molar-refractivity contribution is 8.13. The number of aromatic nitrogens is 5. The van der Waals surface area contributed by atoms with Crippen molar-refractivity contribution in [1.82, 2.24) is 14.1 Å². The number of fused-ring (bicyclic) bond motifs is 2. The summed E-state index contributed by atoms with van der Waals surface area (Å²) >= 11 is 0. The topological polar surface area (TPSA) is 195 Å². The van der Waals surface area contributed by atoms with E-state index in [4.69, 9.17) is 4.98 Å². The molecule has 0 fully saturated rings. The summed E-state index contributed by atoms with van der Waals surface area (Å²) in [6.45, 7) is 1.45. The lowest BCUT2D eigenvalue weighted by Gasteiger charge is -2.22. The molecule has 15 nitrogen and oxygen atoms in total. The molecular weight excluding hydrogens is 1220 g/mol. The lowest BCUT2D eigenvalue weighted by atomic mass is 10.1. The van der Waals surface area contributed by atoms with Crippen LogP contribution < -0.4 is 9.13 Å². The maximum Gasteiger partial charge on any atom is 0.480 e. The van der Waals surface area contributed by atoms with Crippen LogP contribution in [0.3, 0.4) is 0 Å². The number of halogens is 12. The second-order valence-corrected chi connectivity index (χ2v) is 23.9. The summed E-state index contributed by atoms with van der Waals surface area (Å²) in [6.07, 6.45) is 4.31. The van der Waals surface area contributed by atoms with E-state index in [1.807, 2.05) is 60.7 Å². The van der Waals surface area contributed by atoms with Gasteiger partial charge in [0.05, 0.1) is 0 Å². The normalized spacial score (nSPS) is 12.4. The summed E-state index contributed by atoms with van der Waals surface area (Å²) in [5.74, 6) is 14.8. The van der Waals surface area contributed by atoms with Crippen LogP contribution in [-0.4, -0.2) is 69.8 Å². The Morgan fingerprint density at radius 3 is 0.929 bits per heavy atom. The van der Waals surface area contributed by atoms with E-state index in [0.29, 0.717) is 0 Å². The standard InChI is InChI=1S/C49H35N5.2C2F6NO4S2/c1-3-12-38(13-4-1)22-24-40-26-30-42(31-27-40)34-51-36-53(46-18-9-7-16-44(46)51)48-20-11-21-49(50-48)54-37-52(45-17-8-10-19-47(45)54)35-43-32-28-41(29-33-43)25-23-39-14-5-2-6-15-39;2*3-1(4,5)14(10,11)9-15(12,13)2(6,7)8/h1-21,26-33,36-37H,34-35H2;;/q+2;2*-1. The molecule has 0 saturated heterocycles. The molecule has 0 saturated carbocycles. The van der Waals surface area contributed by atoms with Gasteiger partial charge >= 0.3 is 22.0 Å². The van der Waals surface area contributed by atoms with Crippen LogP contribution in [0.15, 0.2) is 189 Å². The molecule has 0 aliphatic rings. The summed E-state index contributed by atoms with van der Waals surface area (Å²) < 4.78 is 227. The van der Waals surface area contributed by atoms with Gasteiger partial charge < -0.3 is 8.25 Å². The van der Waals surface area contributed by atoms with Crippen LogP contribution in [0.1, 0.15) is 33.4 Å². The molecule has 438 valence electrons. The molecule has 0 spiro atoms. The molecular formula is C53H35F12N7O8S4. The Balaban J connectivity index is 0.000000278. The van der Waals surface area contributed by atoms with Crippen molar-refractivity contribution in [3.63, 3.8) is 0 Å². The monoisotopic (exact) mass is 1250 g/mol. The molecule has 0 aliphatic heterocycles. The van der Waals surface area contributed by atoms with E-state index in [2.05, 4.69) is 170 Å². The van der Waals surface area contributed by atoms with Crippen LogP contribution in [0.5, 0.6) is 0 Å². The minimum absolute atomic E-state index is 0.725. The van der Waals surface area contributed by atoms with Crippen LogP contribution >= 0.6 is 0 Å². The quantitative estimate of drug-likeness (QED) is 0.0727. The van der Waals surface area contributed by atoms with Gasteiger partial charge in [0.1, 0.15) is 13.1 Å². The minimum atomic E-state index is -6.72. The summed E-state index contributed by atoms with van der Waals surface area (Å²) in [4.78, 5) is 5.24. The number of pyridine rings is 1. The molecule has 0 amide bonds. The Bertz CT molecular complexity index is 4080. The van der Waals surface area contributed by atoms with Gasteiger partial charge in [0.25, 0.3) is 12.7 Å². The van der Waals surface area contributed by atoms with Crippen LogP contribution in [0.2, 0.25) is 0 Å². The van der Waals surface area contributed by atoms with Crippen LogP contribution in [0.25, 0.3) is 42.0 Å². The number of imidazole rings is 2. The van der Waals surface area contributed by atoms with E-state index in [-0.39, 0.29) is 0 Å². The lowest BCUT2D eigenvalue weighted by molar-refractivity contribution is -0.663. The molecule has 9 aromatic rings. The molecule has 84 heavy (non-hydrogen) atoms. The molecule has 0 bridgehead atoms. The second kappa shape index (κ2) is 24.7. The minimum Gasteiger partial charge on any atom is -0.421 e. The van der Waals surface area contributed by atoms with E-state index in [9.17, 15) is 86.4 Å². The van der Waals surface area contributed by atoms with E-state index >= 15 is 0 Å². The van der Waals surface area contributed by atoms with Gasteiger partial charge in [0.2, 0.25) is 11.6 Å². The van der Waals surface area contributed by atoms with E-state index in [0.717, 1.165) is 77.3 Å². The molecule has 0 unspecified atom stereocenters. The Labute approximate surface area is 470 Å². The average Bonchev–Trinajstić information content (AvgIpc) is 1.92. The number of hydrogen-bond acceptors (Lipinski definition) is 9. The zero-order valence-corrected chi connectivity index (χ0v) is 45.1. The lowest BCUT2D eigenvalue weighted by Crippen LogP contribution is -2.32. The van der Waals surface area contributed by atoms with E-state index in [1.165, 1.54) is 11.1 Å². The SMILES string of the molecule is C(#Cc1ccc(C[n+]2cn(-c3cccc(-n4c[n+](Cc5ccc(C#Cc6ccccc6)cc5)c5ccccc54)n3)c3ccccc32)cc1)c1ccccc1.O=S(=O)([N-]S(=O)(=O)C(F)(F)F)C(F)(F)F.O=S(=O)([N-]S(=O)(=O)C(F)(F)F)C(F)(F)F. The third-order valence-electron chi connectivity index (χ3n) is 11.1. The van der Waals surface area contributed by atoms with Crippen molar-refractivity contribution in [3.8, 4) is 35.3 Å². The fraction of sp³-hybridized carbons (Fsp3) is 0.113.